The monoisotopic (exact) mass is 333 g/mol. The summed E-state index contributed by atoms with van der Waals surface area (Å²) in [6.45, 7) is 0. The Kier molecular flexibility index (Phi) is 4.99. The summed E-state index contributed by atoms with van der Waals surface area (Å²) in [6.07, 6.45) is 0. The van der Waals surface area contributed by atoms with Crippen molar-refractivity contribution in [1.82, 2.24) is 0 Å². The van der Waals surface area contributed by atoms with Crippen LogP contribution < -0.4 is 10.6 Å². The van der Waals surface area contributed by atoms with Gasteiger partial charge in [-0.05, 0) is 36.4 Å². The fourth-order valence-electron chi connectivity index (χ4n) is 1.62. The molecule has 2 amide bonds. The van der Waals surface area contributed by atoms with E-state index in [2.05, 4.69) is 10.6 Å². The van der Waals surface area contributed by atoms with Crippen LogP contribution in [0.4, 0.5) is 11.4 Å². The minimum atomic E-state index is -0.860. The third-order valence-corrected chi connectivity index (χ3v) is 3.37. The molecule has 0 bridgehead atoms. The van der Waals surface area contributed by atoms with Crippen LogP contribution in [0.1, 0.15) is 5.56 Å². The number of halogens is 2. The van der Waals surface area contributed by atoms with E-state index in [1.807, 2.05) is 6.07 Å². The molecule has 2 aromatic carbocycles. The van der Waals surface area contributed by atoms with Crippen molar-refractivity contribution >= 4 is 46.4 Å². The van der Waals surface area contributed by atoms with E-state index in [-0.39, 0.29) is 5.02 Å². The van der Waals surface area contributed by atoms with Crippen molar-refractivity contribution < 1.29 is 9.59 Å². The highest BCUT2D eigenvalue weighted by Gasteiger charge is 2.14. The highest BCUT2D eigenvalue weighted by atomic mass is 35.5. The lowest BCUT2D eigenvalue weighted by Crippen LogP contribution is -2.29. The van der Waals surface area contributed by atoms with Crippen LogP contribution in [0.15, 0.2) is 42.5 Å². The lowest BCUT2D eigenvalue weighted by Gasteiger charge is -2.07. The van der Waals surface area contributed by atoms with Gasteiger partial charge in [-0.15, -0.1) is 0 Å². The minimum Gasteiger partial charge on any atom is -0.318 e. The third kappa shape index (κ3) is 3.98. The molecule has 0 radical (unpaired) electrons. The molecule has 110 valence electrons. The summed E-state index contributed by atoms with van der Waals surface area (Å²) in [7, 11) is 0. The minimum absolute atomic E-state index is 0.265. The van der Waals surface area contributed by atoms with Gasteiger partial charge in [0.15, 0.2) is 0 Å². The highest BCUT2D eigenvalue weighted by Crippen LogP contribution is 2.24. The predicted octanol–water partition coefficient (Wildman–Crippen LogP) is 3.44. The van der Waals surface area contributed by atoms with E-state index in [4.69, 9.17) is 28.5 Å². The smallest absolute Gasteiger partial charge is 0.314 e. The Bertz CT molecular complexity index is 785. The average Bonchev–Trinajstić information content (AvgIpc) is 2.51. The second kappa shape index (κ2) is 6.94. The van der Waals surface area contributed by atoms with Gasteiger partial charge in [0.05, 0.1) is 21.7 Å². The molecule has 7 heteroatoms. The third-order valence-electron chi connectivity index (χ3n) is 2.63. The van der Waals surface area contributed by atoms with Gasteiger partial charge in [-0.3, -0.25) is 9.59 Å². The quantitative estimate of drug-likeness (QED) is 0.826. The van der Waals surface area contributed by atoms with Gasteiger partial charge in [0.1, 0.15) is 0 Å². The van der Waals surface area contributed by atoms with Crippen molar-refractivity contribution in [3.05, 3.63) is 58.1 Å². The zero-order valence-corrected chi connectivity index (χ0v) is 12.6. The zero-order chi connectivity index (χ0) is 16.1. The molecule has 0 aromatic heterocycles. The molecule has 0 aliphatic heterocycles. The summed E-state index contributed by atoms with van der Waals surface area (Å²) in [5, 5.41) is 14.2. The fourth-order valence-corrected chi connectivity index (χ4v) is 1.91. The summed E-state index contributed by atoms with van der Waals surface area (Å²) >= 11 is 11.6. The maximum absolute atomic E-state index is 11.8. The van der Waals surface area contributed by atoms with Crippen LogP contribution in [0.3, 0.4) is 0 Å². The van der Waals surface area contributed by atoms with Crippen LogP contribution in [0.25, 0.3) is 0 Å². The first-order valence-corrected chi connectivity index (χ1v) is 6.83. The first kappa shape index (κ1) is 15.8. The molecule has 0 unspecified atom stereocenters. The van der Waals surface area contributed by atoms with Crippen molar-refractivity contribution in [3.63, 3.8) is 0 Å². The van der Waals surface area contributed by atoms with E-state index in [1.54, 1.807) is 18.2 Å². The van der Waals surface area contributed by atoms with Gasteiger partial charge in [0.25, 0.3) is 0 Å². The Morgan fingerprint density at radius 1 is 0.909 bits per heavy atom. The van der Waals surface area contributed by atoms with E-state index in [9.17, 15) is 9.59 Å². The number of nitriles is 1. The standard InChI is InChI=1S/C15H9Cl2N3O2/c16-12-5-4-11(7-13(12)17)20-15(22)14(21)19-10-3-1-2-9(6-10)8-18/h1-7H,(H,19,21)(H,20,22). The molecule has 0 aliphatic carbocycles. The number of benzene rings is 2. The maximum Gasteiger partial charge on any atom is 0.314 e. The molecule has 22 heavy (non-hydrogen) atoms. The number of anilines is 2. The molecule has 0 aliphatic rings. The number of rotatable bonds is 2. The van der Waals surface area contributed by atoms with E-state index in [1.165, 1.54) is 24.3 Å². The molecule has 2 rings (SSSR count). The second-order valence-electron chi connectivity index (χ2n) is 4.23. The Balaban J connectivity index is 2.04. The normalized spacial score (nSPS) is 9.68. The van der Waals surface area contributed by atoms with Crippen molar-refractivity contribution in [2.45, 2.75) is 0 Å². The summed E-state index contributed by atoms with van der Waals surface area (Å²) in [5.74, 6) is -1.72. The Hall–Kier alpha value is -2.55. The first-order chi connectivity index (χ1) is 10.5. The maximum atomic E-state index is 11.8. The van der Waals surface area contributed by atoms with Crippen LogP contribution in [0, 0.1) is 11.3 Å². The van der Waals surface area contributed by atoms with E-state index >= 15 is 0 Å². The van der Waals surface area contributed by atoms with Gasteiger partial charge in [-0.1, -0.05) is 29.3 Å². The number of hydrogen-bond acceptors (Lipinski definition) is 3. The van der Waals surface area contributed by atoms with E-state index in [0.29, 0.717) is 22.0 Å². The van der Waals surface area contributed by atoms with Gasteiger partial charge in [0, 0.05) is 11.4 Å². The molecule has 0 fully saturated rings. The number of carbonyl (C=O) groups excluding carboxylic acids is 2. The number of amides is 2. The molecule has 2 N–H and O–H groups in total. The summed E-state index contributed by atoms with van der Waals surface area (Å²) in [5.41, 5.74) is 1.08. The molecular formula is C15H9Cl2N3O2. The zero-order valence-electron chi connectivity index (χ0n) is 11.1. The molecule has 0 saturated heterocycles. The van der Waals surface area contributed by atoms with Crippen molar-refractivity contribution in [3.8, 4) is 6.07 Å². The number of nitrogens with zero attached hydrogens (tertiary/aromatic N) is 1. The Morgan fingerprint density at radius 2 is 1.55 bits per heavy atom. The predicted molar refractivity (Wildman–Crippen MR) is 84.9 cm³/mol. The Morgan fingerprint density at radius 3 is 2.14 bits per heavy atom. The van der Waals surface area contributed by atoms with Gasteiger partial charge in [0.2, 0.25) is 0 Å². The van der Waals surface area contributed by atoms with Crippen LogP contribution in [0.5, 0.6) is 0 Å². The van der Waals surface area contributed by atoms with Gasteiger partial charge >= 0.3 is 11.8 Å². The largest absolute Gasteiger partial charge is 0.318 e. The van der Waals surface area contributed by atoms with Crippen LogP contribution in [-0.4, -0.2) is 11.8 Å². The van der Waals surface area contributed by atoms with E-state index < -0.39 is 11.8 Å². The molecule has 2 aromatic rings. The number of carbonyl (C=O) groups is 2. The van der Waals surface area contributed by atoms with Crippen LogP contribution in [0.2, 0.25) is 10.0 Å². The van der Waals surface area contributed by atoms with Crippen molar-refractivity contribution in [1.29, 1.82) is 5.26 Å². The molecule has 0 atom stereocenters. The highest BCUT2D eigenvalue weighted by molar-refractivity contribution is 6.44. The molecule has 0 spiro atoms. The fraction of sp³-hybridized carbons (Fsp3) is 0. The second-order valence-corrected chi connectivity index (χ2v) is 5.04. The van der Waals surface area contributed by atoms with Crippen LogP contribution >= 0.6 is 23.2 Å². The average molecular weight is 334 g/mol. The van der Waals surface area contributed by atoms with Gasteiger partial charge < -0.3 is 10.6 Å². The van der Waals surface area contributed by atoms with Crippen LogP contribution in [-0.2, 0) is 9.59 Å². The summed E-state index contributed by atoms with van der Waals surface area (Å²) < 4.78 is 0. The van der Waals surface area contributed by atoms with Crippen molar-refractivity contribution in [2.75, 3.05) is 10.6 Å². The molecule has 0 heterocycles. The molecular weight excluding hydrogens is 325 g/mol. The van der Waals surface area contributed by atoms with Crippen molar-refractivity contribution in [2.24, 2.45) is 0 Å². The van der Waals surface area contributed by atoms with Gasteiger partial charge in [-0.25, -0.2) is 0 Å². The Labute approximate surface area is 136 Å². The molecule has 0 saturated carbocycles. The topological polar surface area (TPSA) is 82.0 Å². The van der Waals surface area contributed by atoms with Gasteiger partial charge in [-0.2, -0.15) is 5.26 Å². The first-order valence-electron chi connectivity index (χ1n) is 6.07. The lowest BCUT2D eigenvalue weighted by atomic mass is 10.2. The number of nitrogens with one attached hydrogen (secondary N) is 2. The number of hydrogen-bond donors (Lipinski definition) is 2. The molecule has 5 nitrogen and oxygen atoms in total. The summed E-state index contributed by atoms with van der Waals surface area (Å²) in [6, 6.07) is 12.6. The summed E-state index contributed by atoms with van der Waals surface area (Å²) in [4.78, 5) is 23.6. The van der Waals surface area contributed by atoms with E-state index in [0.717, 1.165) is 0 Å². The lowest BCUT2D eigenvalue weighted by molar-refractivity contribution is -0.132. The SMILES string of the molecule is N#Cc1cccc(NC(=O)C(=O)Nc2ccc(Cl)c(Cl)c2)c1.